The first-order valence-corrected chi connectivity index (χ1v) is 8.12. The Morgan fingerprint density at radius 2 is 1.71 bits per heavy atom. The highest BCUT2D eigenvalue weighted by molar-refractivity contribution is 5.86. The van der Waals surface area contributed by atoms with Gasteiger partial charge in [-0.1, -0.05) is 12.8 Å². The van der Waals surface area contributed by atoms with E-state index >= 15 is 0 Å². The van der Waals surface area contributed by atoms with Crippen LogP contribution >= 0.6 is 0 Å². The molecule has 0 unspecified atom stereocenters. The first-order valence-electron chi connectivity index (χ1n) is 8.12. The zero-order valence-corrected chi connectivity index (χ0v) is 12.5. The Balaban J connectivity index is 1.50. The molecule has 3 rings (SSSR count). The third-order valence-corrected chi connectivity index (χ3v) is 5.09. The second kappa shape index (κ2) is 5.83. The van der Waals surface area contributed by atoms with Gasteiger partial charge in [-0.2, -0.15) is 0 Å². The SMILES string of the molecule is O=C(NC1(C(=O)O)CCCC1)N1CCN(CC2CC2)CC1. The van der Waals surface area contributed by atoms with E-state index in [-0.39, 0.29) is 6.03 Å². The van der Waals surface area contributed by atoms with Crippen LogP contribution in [0.4, 0.5) is 4.79 Å². The maximum atomic E-state index is 12.3. The molecule has 1 saturated heterocycles. The van der Waals surface area contributed by atoms with Gasteiger partial charge in [0.1, 0.15) is 5.54 Å². The fraction of sp³-hybridized carbons (Fsp3) is 0.867. The lowest BCUT2D eigenvalue weighted by molar-refractivity contribution is -0.144. The summed E-state index contributed by atoms with van der Waals surface area (Å²) >= 11 is 0. The molecule has 118 valence electrons. The number of hydrogen-bond donors (Lipinski definition) is 2. The van der Waals surface area contributed by atoms with Crippen LogP contribution in [-0.4, -0.2) is 65.2 Å². The van der Waals surface area contributed by atoms with Crippen molar-refractivity contribution in [1.29, 1.82) is 0 Å². The molecule has 0 radical (unpaired) electrons. The third-order valence-electron chi connectivity index (χ3n) is 5.09. The van der Waals surface area contributed by atoms with Crippen molar-refractivity contribution >= 4 is 12.0 Å². The quantitative estimate of drug-likeness (QED) is 0.815. The highest BCUT2D eigenvalue weighted by atomic mass is 16.4. The number of carboxylic acids is 1. The number of piperazine rings is 1. The molecule has 2 saturated carbocycles. The molecule has 6 heteroatoms. The predicted octanol–water partition coefficient (Wildman–Crippen LogP) is 1.12. The van der Waals surface area contributed by atoms with E-state index in [0.717, 1.165) is 38.4 Å². The summed E-state index contributed by atoms with van der Waals surface area (Å²) in [6.07, 6.45) is 5.55. The Kier molecular flexibility index (Phi) is 4.06. The molecule has 0 spiro atoms. The zero-order valence-electron chi connectivity index (χ0n) is 12.5. The molecule has 0 aromatic carbocycles. The number of aliphatic carboxylic acids is 1. The maximum absolute atomic E-state index is 12.3. The van der Waals surface area contributed by atoms with Gasteiger partial charge in [0.25, 0.3) is 0 Å². The molecular formula is C15H25N3O3. The van der Waals surface area contributed by atoms with Gasteiger partial charge >= 0.3 is 12.0 Å². The summed E-state index contributed by atoms with van der Waals surface area (Å²) in [5, 5.41) is 12.2. The number of rotatable bonds is 4. The van der Waals surface area contributed by atoms with Crippen LogP contribution in [0, 0.1) is 5.92 Å². The standard InChI is InChI=1S/C15H25N3O3/c19-13(20)15(5-1-2-6-15)16-14(21)18-9-7-17(8-10-18)11-12-3-4-12/h12H,1-11H2,(H,16,21)(H,19,20). The summed E-state index contributed by atoms with van der Waals surface area (Å²) in [6, 6.07) is -0.203. The maximum Gasteiger partial charge on any atom is 0.329 e. The Morgan fingerprint density at radius 1 is 1.10 bits per heavy atom. The highest BCUT2D eigenvalue weighted by Gasteiger charge is 2.43. The van der Waals surface area contributed by atoms with Crippen LogP contribution in [0.5, 0.6) is 0 Å². The van der Waals surface area contributed by atoms with Crippen molar-refractivity contribution in [3.8, 4) is 0 Å². The van der Waals surface area contributed by atoms with Gasteiger partial charge < -0.3 is 15.3 Å². The molecule has 21 heavy (non-hydrogen) atoms. The molecule has 0 aromatic rings. The number of carboxylic acid groups (broad SMARTS) is 1. The molecule has 0 bridgehead atoms. The molecule has 2 N–H and O–H groups in total. The second-order valence-corrected chi connectivity index (χ2v) is 6.76. The van der Waals surface area contributed by atoms with E-state index in [1.807, 2.05) is 0 Å². The number of nitrogens with one attached hydrogen (secondary N) is 1. The Bertz CT molecular complexity index is 408. The minimum Gasteiger partial charge on any atom is -0.480 e. The lowest BCUT2D eigenvalue weighted by Gasteiger charge is -2.36. The van der Waals surface area contributed by atoms with Crippen molar-refractivity contribution < 1.29 is 14.7 Å². The van der Waals surface area contributed by atoms with Crippen LogP contribution in [0.2, 0.25) is 0 Å². The van der Waals surface area contributed by atoms with Crippen LogP contribution in [0.15, 0.2) is 0 Å². The van der Waals surface area contributed by atoms with E-state index in [2.05, 4.69) is 10.2 Å². The summed E-state index contributed by atoms with van der Waals surface area (Å²) in [6.45, 7) is 4.38. The number of hydrogen-bond acceptors (Lipinski definition) is 3. The van der Waals surface area contributed by atoms with E-state index < -0.39 is 11.5 Å². The van der Waals surface area contributed by atoms with Gasteiger partial charge in [-0.3, -0.25) is 4.90 Å². The van der Waals surface area contributed by atoms with Gasteiger partial charge in [0, 0.05) is 32.7 Å². The average molecular weight is 295 g/mol. The van der Waals surface area contributed by atoms with E-state index in [4.69, 9.17) is 0 Å². The molecule has 3 fully saturated rings. The molecule has 3 aliphatic rings. The normalized spacial score (nSPS) is 25.8. The van der Waals surface area contributed by atoms with Crippen LogP contribution < -0.4 is 5.32 Å². The molecule has 2 aliphatic carbocycles. The molecule has 2 amide bonds. The van der Waals surface area contributed by atoms with Crippen LogP contribution in [-0.2, 0) is 4.79 Å². The van der Waals surface area contributed by atoms with Crippen molar-refractivity contribution in [1.82, 2.24) is 15.1 Å². The Hall–Kier alpha value is -1.30. The Labute approximate surface area is 125 Å². The molecule has 0 atom stereocenters. The first-order chi connectivity index (χ1) is 10.1. The molecule has 1 heterocycles. The van der Waals surface area contributed by atoms with E-state index in [1.165, 1.54) is 12.8 Å². The third kappa shape index (κ3) is 3.31. The zero-order chi connectivity index (χ0) is 14.9. The van der Waals surface area contributed by atoms with E-state index in [1.54, 1.807) is 4.90 Å². The van der Waals surface area contributed by atoms with Crippen LogP contribution in [0.1, 0.15) is 38.5 Å². The fourth-order valence-electron chi connectivity index (χ4n) is 3.45. The van der Waals surface area contributed by atoms with Crippen molar-refractivity contribution in [3.05, 3.63) is 0 Å². The van der Waals surface area contributed by atoms with Crippen molar-refractivity contribution in [2.24, 2.45) is 5.92 Å². The van der Waals surface area contributed by atoms with Gasteiger partial charge in [-0.05, 0) is 31.6 Å². The monoisotopic (exact) mass is 295 g/mol. The lowest BCUT2D eigenvalue weighted by Crippen LogP contribution is -2.59. The molecule has 1 aliphatic heterocycles. The number of amides is 2. The molecule has 0 aromatic heterocycles. The number of urea groups is 1. The topological polar surface area (TPSA) is 72.9 Å². The minimum absolute atomic E-state index is 0.203. The minimum atomic E-state index is -1.03. The highest BCUT2D eigenvalue weighted by Crippen LogP contribution is 2.31. The van der Waals surface area contributed by atoms with E-state index in [0.29, 0.717) is 25.9 Å². The molecule has 6 nitrogen and oxygen atoms in total. The number of carbonyl (C=O) groups excluding carboxylic acids is 1. The Morgan fingerprint density at radius 3 is 2.24 bits per heavy atom. The van der Waals surface area contributed by atoms with E-state index in [9.17, 15) is 14.7 Å². The van der Waals surface area contributed by atoms with Gasteiger partial charge in [-0.15, -0.1) is 0 Å². The smallest absolute Gasteiger partial charge is 0.329 e. The largest absolute Gasteiger partial charge is 0.480 e. The summed E-state index contributed by atoms with van der Waals surface area (Å²) in [4.78, 5) is 28.0. The van der Waals surface area contributed by atoms with Crippen molar-refractivity contribution in [3.63, 3.8) is 0 Å². The van der Waals surface area contributed by atoms with Gasteiger partial charge in [-0.25, -0.2) is 9.59 Å². The molecular weight excluding hydrogens is 270 g/mol. The van der Waals surface area contributed by atoms with Crippen molar-refractivity contribution in [2.75, 3.05) is 32.7 Å². The average Bonchev–Trinajstić information content (AvgIpc) is 3.15. The summed E-state index contributed by atoms with van der Waals surface area (Å²) in [5.74, 6) is -0.0140. The van der Waals surface area contributed by atoms with Gasteiger partial charge in [0.2, 0.25) is 0 Å². The van der Waals surface area contributed by atoms with Gasteiger partial charge in [0.05, 0.1) is 0 Å². The van der Waals surface area contributed by atoms with Crippen molar-refractivity contribution in [2.45, 2.75) is 44.1 Å². The predicted molar refractivity (Wildman–Crippen MR) is 78.1 cm³/mol. The van der Waals surface area contributed by atoms with Gasteiger partial charge in [0.15, 0.2) is 0 Å². The summed E-state index contributed by atoms with van der Waals surface area (Å²) < 4.78 is 0. The first kappa shape index (κ1) is 14.6. The van der Waals surface area contributed by atoms with Crippen LogP contribution in [0.3, 0.4) is 0 Å². The number of nitrogens with zero attached hydrogens (tertiary/aromatic N) is 2. The second-order valence-electron chi connectivity index (χ2n) is 6.76. The fourth-order valence-corrected chi connectivity index (χ4v) is 3.45. The van der Waals surface area contributed by atoms with Crippen LogP contribution in [0.25, 0.3) is 0 Å². The summed E-state index contributed by atoms with van der Waals surface area (Å²) in [7, 11) is 0. The summed E-state index contributed by atoms with van der Waals surface area (Å²) in [5.41, 5.74) is -1.03. The lowest BCUT2D eigenvalue weighted by atomic mass is 9.98. The number of carbonyl (C=O) groups is 2.